The van der Waals surface area contributed by atoms with Crippen molar-refractivity contribution >= 4 is 5.91 Å². The Bertz CT molecular complexity index is 247. The van der Waals surface area contributed by atoms with Gasteiger partial charge < -0.3 is 15.3 Å². The number of likely N-dealkylation sites (N-methyl/N-ethyl adjacent to an activating group) is 1. The van der Waals surface area contributed by atoms with Gasteiger partial charge in [-0.3, -0.25) is 4.79 Å². The Hall–Kier alpha value is -0.610. The van der Waals surface area contributed by atoms with Crippen LogP contribution >= 0.6 is 0 Å². The fraction of sp³-hybridized carbons (Fsp3) is 0.909. The number of aliphatic hydroxyl groups excluding tert-OH is 1. The molecule has 2 saturated carbocycles. The van der Waals surface area contributed by atoms with Gasteiger partial charge in [-0.1, -0.05) is 0 Å². The van der Waals surface area contributed by atoms with Gasteiger partial charge in [0, 0.05) is 18.1 Å². The van der Waals surface area contributed by atoms with Crippen LogP contribution in [0, 0.1) is 0 Å². The second kappa shape index (κ2) is 4.10. The van der Waals surface area contributed by atoms with Crippen molar-refractivity contribution < 1.29 is 9.90 Å². The molecule has 0 aromatic carbocycles. The molecular weight excluding hydrogens is 192 g/mol. The summed E-state index contributed by atoms with van der Waals surface area (Å²) >= 11 is 0. The minimum absolute atomic E-state index is 0.126. The molecule has 0 unspecified atom stereocenters. The molecule has 0 spiro atoms. The fourth-order valence-corrected chi connectivity index (χ4v) is 1.93. The van der Waals surface area contributed by atoms with E-state index in [0.717, 1.165) is 32.2 Å². The second-order valence-corrected chi connectivity index (χ2v) is 4.70. The fourth-order valence-electron chi connectivity index (χ4n) is 1.93. The molecule has 4 nitrogen and oxygen atoms in total. The standard InChI is InChI=1S/C11H20N2O2/c1-2-13(9-3-4-9)10(15)7-12-11(8-14)5-6-11/h9,12,14H,2-8H2,1H3. The van der Waals surface area contributed by atoms with Gasteiger partial charge in [0.25, 0.3) is 0 Å². The first kappa shape index (κ1) is 10.9. The van der Waals surface area contributed by atoms with E-state index in [4.69, 9.17) is 5.11 Å². The Morgan fingerprint density at radius 1 is 1.53 bits per heavy atom. The van der Waals surface area contributed by atoms with E-state index in [9.17, 15) is 4.79 Å². The summed E-state index contributed by atoms with van der Waals surface area (Å²) in [5.41, 5.74) is -0.126. The van der Waals surface area contributed by atoms with Gasteiger partial charge in [-0.25, -0.2) is 0 Å². The van der Waals surface area contributed by atoms with Crippen molar-refractivity contribution in [2.45, 2.75) is 44.2 Å². The molecule has 2 rings (SSSR count). The van der Waals surface area contributed by atoms with E-state index in [-0.39, 0.29) is 18.1 Å². The molecule has 2 aliphatic rings. The Morgan fingerprint density at radius 3 is 2.60 bits per heavy atom. The highest BCUT2D eigenvalue weighted by atomic mass is 16.3. The molecule has 0 aliphatic heterocycles. The molecule has 15 heavy (non-hydrogen) atoms. The van der Waals surface area contributed by atoms with Crippen molar-refractivity contribution in [3.63, 3.8) is 0 Å². The summed E-state index contributed by atoms with van der Waals surface area (Å²) in [5, 5.41) is 12.3. The van der Waals surface area contributed by atoms with E-state index >= 15 is 0 Å². The average molecular weight is 212 g/mol. The second-order valence-electron chi connectivity index (χ2n) is 4.70. The zero-order valence-corrected chi connectivity index (χ0v) is 9.33. The van der Waals surface area contributed by atoms with Gasteiger partial charge in [0.2, 0.25) is 5.91 Å². The highest BCUT2D eigenvalue weighted by Gasteiger charge is 2.42. The van der Waals surface area contributed by atoms with E-state index in [0.29, 0.717) is 12.6 Å². The number of rotatable bonds is 6. The van der Waals surface area contributed by atoms with E-state index < -0.39 is 0 Å². The zero-order valence-electron chi connectivity index (χ0n) is 9.33. The van der Waals surface area contributed by atoms with Crippen LogP contribution in [0.4, 0.5) is 0 Å². The van der Waals surface area contributed by atoms with Crippen LogP contribution in [0.5, 0.6) is 0 Å². The minimum Gasteiger partial charge on any atom is -0.394 e. The first-order valence-electron chi connectivity index (χ1n) is 5.86. The predicted molar refractivity (Wildman–Crippen MR) is 57.5 cm³/mol. The summed E-state index contributed by atoms with van der Waals surface area (Å²) in [4.78, 5) is 13.8. The summed E-state index contributed by atoms with van der Waals surface area (Å²) in [7, 11) is 0. The van der Waals surface area contributed by atoms with Crippen LogP contribution < -0.4 is 5.32 Å². The summed E-state index contributed by atoms with van der Waals surface area (Å²) < 4.78 is 0. The van der Waals surface area contributed by atoms with E-state index in [1.54, 1.807) is 0 Å². The number of hydrogen-bond donors (Lipinski definition) is 2. The van der Waals surface area contributed by atoms with Gasteiger partial charge in [-0.15, -0.1) is 0 Å². The molecule has 1 amide bonds. The molecule has 0 heterocycles. The number of carbonyl (C=O) groups excluding carboxylic acids is 1. The maximum absolute atomic E-state index is 11.8. The smallest absolute Gasteiger partial charge is 0.236 e. The quantitative estimate of drug-likeness (QED) is 0.657. The lowest BCUT2D eigenvalue weighted by atomic mass is 10.3. The Labute approximate surface area is 90.6 Å². The third-order valence-corrected chi connectivity index (χ3v) is 3.42. The van der Waals surface area contributed by atoms with Crippen molar-refractivity contribution in [2.75, 3.05) is 19.7 Å². The Kier molecular flexibility index (Phi) is 2.98. The van der Waals surface area contributed by atoms with E-state index in [1.807, 2.05) is 11.8 Å². The third-order valence-electron chi connectivity index (χ3n) is 3.42. The van der Waals surface area contributed by atoms with Gasteiger partial charge in [0.1, 0.15) is 0 Å². The molecule has 0 radical (unpaired) electrons. The van der Waals surface area contributed by atoms with Gasteiger partial charge in [0.05, 0.1) is 13.2 Å². The summed E-state index contributed by atoms with van der Waals surface area (Å²) in [6, 6.07) is 0.494. The molecular formula is C11H20N2O2. The maximum atomic E-state index is 11.8. The molecule has 0 saturated heterocycles. The average Bonchev–Trinajstić information content (AvgIpc) is 3.12. The predicted octanol–water partition coefficient (Wildman–Crippen LogP) is 0.112. The molecule has 0 aromatic heterocycles. The van der Waals surface area contributed by atoms with Crippen LogP contribution in [0.3, 0.4) is 0 Å². The van der Waals surface area contributed by atoms with Crippen molar-refractivity contribution in [3.05, 3.63) is 0 Å². The monoisotopic (exact) mass is 212 g/mol. The molecule has 86 valence electrons. The molecule has 0 atom stereocenters. The lowest BCUT2D eigenvalue weighted by Crippen LogP contribution is -2.44. The topological polar surface area (TPSA) is 52.6 Å². The van der Waals surface area contributed by atoms with Crippen LogP contribution in [0.2, 0.25) is 0 Å². The van der Waals surface area contributed by atoms with E-state index in [2.05, 4.69) is 5.32 Å². The van der Waals surface area contributed by atoms with Gasteiger partial charge in [-0.2, -0.15) is 0 Å². The van der Waals surface area contributed by atoms with Crippen molar-refractivity contribution in [1.29, 1.82) is 0 Å². The van der Waals surface area contributed by atoms with Crippen molar-refractivity contribution in [1.82, 2.24) is 10.2 Å². The molecule has 2 fully saturated rings. The lowest BCUT2D eigenvalue weighted by molar-refractivity contribution is -0.130. The first-order chi connectivity index (χ1) is 7.21. The van der Waals surface area contributed by atoms with Gasteiger partial charge in [-0.05, 0) is 32.6 Å². The largest absolute Gasteiger partial charge is 0.394 e. The highest BCUT2D eigenvalue weighted by Crippen LogP contribution is 2.34. The van der Waals surface area contributed by atoms with Crippen LogP contribution in [0.15, 0.2) is 0 Å². The molecule has 2 aliphatic carbocycles. The SMILES string of the molecule is CCN(C(=O)CNC1(CO)CC1)C1CC1. The van der Waals surface area contributed by atoms with Crippen LogP contribution in [-0.4, -0.2) is 47.2 Å². The highest BCUT2D eigenvalue weighted by molar-refractivity contribution is 5.79. The Balaban J connectivity index is 1.75. The Morgan fingerprint density at radius 2 is 2.20 bits per heavy atom. The number of hydrogen-bond acceptors (Lipinski definition) is 3. The zero-order chi connectivity index (χ0) is 10.9. The number of carbonyl (C=O) groups is 1. The third kappa shape index (κ3) is 2.49. The first-order valence-corrected chi connectivity index (χ1v) is 5.86. The van der Waals surface area contributed by atoms with Crippen LogP contribution in [0.1, 0.15) is 32.6 Å². The summed E-state index contributed by atoms with van der Waals surface area (Å²) in [6.07, 6.45) is 4.30. The minimum atomic E-state index is -0.126. The van der Waals surface area contributed by atoms with E-state index in [1.165, 1.54) is 0 Å². The maximum Gasteiger partial charge on any atom is 0.236 e. The molecule has 0 aromatic rings. The number of nitrogens with zero attached hydrogens (tertiary/aromatic N) is 1. The van der Waals surface area contributed by atoms with Gasteiger partial charge in [0.15, 0.2) is 0 Å². The lowest BCUT2D eigenvalue weighted by Gasteiger charge is -2.22. The molecule has 2 N–H and O–H groups in total. The van der Waals surface area contributed by atoms with Crippen LogP contribution in [-0.2, 0) is 4.79 Å². The number of aliphatic hydroxyl groups is 1. The molecule has 4 heteroatoms. The number of nitrogens with one attached hydrogen (secondary N) is 1. The van der Waals surface area contributed by atoms with Crippen molar-refractivity contribution in [2.24, 2.45) is 0 Å². The normalized spacial score (nSPS) is 22.5. The molecule has 0 bridgehead atoms. The van der Waals surface area contributed by atoms with Crippen LogP contribution in [0.25, 0.3) is 0 Å². The summed E-state index contributed by atoms with van der Waals surface area (Å²) in [5.74, 6) is 0.180. The number of amides is 1. The van der Waals surface area contributed by atoms with Gasteiger partial charge >= 0.3 is 0 Å². The van der Waals surface area contributed by atoms with Crippen molar-refractivity contribution in [3.8, 4) is 0 Å². The summed E-state index contributed by atoms with van der Waals surface area (Å²) in [6.45, 7) is 3.35.